The van der Waals surface area contributed by atoms with Crippen LogP contribution in [0.1, 0.15) is 73.8 Å². The van der Waals surface area contributed by atoms with E-state index in [4.69, 9.17) is 14.2 Å². The molecule has 0 radical (unpaired) electrons. The number of hydrogen-bond acceptors (Lipinski definition) is 8. The van der Waals surface area contributed by atoms with Gasteiger partial charge in [-0.25, -0.2) is 9.50 Å². The Morgan fingerprint density at radius 2 is 1.74 bits per heavy atom. The van der Waals surface area contributed by atoms with Gasteiger partial charge >= 0.3 is 5.97 Å². The van der Waals surface area contributed by atoms with E-state index in [2.05, 4.69) is 28.1 Å². The second kappa shape index (κ2) is 10.9. The topological polar surface area (TPSA) is 105 Å². The van der Waals surface area contributed by atoms with Crippen molar-refractivity contribution in [3.8, 4) is 11.5 Å². The number of hydrogen-bond donors (Lipinski definition) is 0. The summed E-state index contributed by atoms with van der Waals surface area (Å²) < 4.78 is 19.2. The Hall–Kier alpha value is -3.49. The Kier molecular flexibility index (Phi) is 7.60. The molecule has 0 amide bonds. The molecule has 3 aromatic rings. The molecule has 1 aliphatic heterocycles. The first-order valence-electron chi connectivity index (χ1n) is 14.0. The number of esters is 1. The van der Waals surface area contributed by atoms with Gasteiger partial charge in [0, 0.05) is 30.3 Å². The molecular weight excluding hydrogens is 496 g/mol. The van der Waals surface area contributed by atoms with Gasteiger partial charge in [0.05, 0.1) is 14.2 Å². The van der Waals surface area contributed by atoms with Gasteiger partial charge in [0.2, 0.25) is 0 Å². The molecule has 9 nitrogen and oxygen atoms in total. The third-order valence-corrected chi connectivity index (χ3v) is 8.48. The molecule has 0 bridgehead atoms. The van der Waals surface area contributed by atoms with Crippen molar-refractivity contribution < 1.29 is 23.8 Å². The smallest absolute Gasteiger partial charge is 0.317 e. The van der Waals surface area contributed by atoms with Gasteiger partial charge in [-0.3, -0.25) is 9.59 Å². The Morgan fingerprint density at radius 3 is 2.41 bits per heavy atom. The first-order valence-corrected chi connectivity index (χ1v) is 14.0. The van der Waals surface area contributed by atoms with Crippen LogP contribution in [-0.4, -0.2) is 51.2 Å². The van der Waals surface area contributed by atoms with Crippen LogP contribution in [-0.2, 0) is 33.6 Å². The lowest BCUT2D eigenvalue weighted by Crippen LogP contribution is -2.52. The quantitative estimate of drug-likeness (QED) is 0.291. The lowest BCUT2D eigenvalue weighted by atomic mass is 9.73. The Balaban J connectivity index is 1.38. The number of cyclic esters (lactones) is 1. The van der Waals surface area contributed by atoms with Crippen molar-refractivity contribution in [3.05, 3.63) is 46.5 Å². The highest BCUT2D eigenvalue weighted by atomic mass is 16.6. The summed E-state index contributed by atoms with van der Waals surface area (Å²) in [4.78, 5) is 36.0. The molecule has 1 aliphatic carbocycles. The lowest BCUT2D eigenvalue weighted by molar-refractivity contribution is -0.185. The third kappa shape index (κ3) is 5.23. The molecule has 2 unspecified atom stereocenters. The fourth-order valence-corrected chi connectivity index (χ4v) is 6.41. The zero-order valence-corrected chi connectivity index (χ0v) is 23.6. The van der Waals surface area contributed by atoms with E-state index in [0.29, 0.717) is 24.4 Å². The van der Waals surface area contributed by atoms with Gasteiger partial charge < -0.3 is 14.2 Å². The fourth-order valence-electron chi connectivity index (χ4n) is 6.41. The standard InChI is InChI=1S/C30H38N4O5/c1-6-20-14-21(26(38-5)16-25(20)37-4)11-12-30(22-9-7-8-10-22)17-24(35)23(28(36)39-30)15-27-32-29-31-18(2)13-19(3)34(29)33-27/h13-14,16,22-23H,6-12,15,17H2,1-5H3. The largest absolute Gasteiger partial charge is 0.496 e. The number of methoxy groups -OCH3 is 2. The molecule has 208 valence electrons. The zero-order chi connectivity index (χ0) is 27.7. The molecule has 2 atom stereocenters. The van der Waals surface area contributed by atoms with E-state index in [1.165, 1.54) is 0 Å². The number of fused-ring (bicyclic) bond motifs is 1. The second-order valence-corrected chi connectivity index (χ2v) is 11.0. The number of ketones is 1. The SMILES string of the molecule is CCc1cc(CCC2(C3CCCC3)CC(=O)C(Cc3nc4nc(C)cc(C)n4n3)C(=O)O2)c(OC)cc1OC. The molecule has 0 N–H and O–H groups in total. The van der Waals surface area contributed by atoms with Crippen molar-refractivity contribution >= 4 is 17.5 Å². The molecule has 0 spiro atoms. The van der Waals surface area contributed by atoms with E-state index in [0.717, 1.165) is 66.1 Å². The number of carbonyl (C=O) groups is 2. The van der Waals surface area contributed by atoms with E-state index < -0.39 is 17.5 Å². The van der Waals surface area contributed by atoms with E-state index >= 15 is 0 Å². The monoisotopic (exact) mass is 534 g/mol. The first-order chi connectivity index (χ1) is 18.8. The summed E-state index contributed by atoms with van der Waals surface area (Å²) in [6.45, 7) is 5.92. The summed E-state index contributed by atoms with van der Waals surface area (Å²) in [7, 11) is 3.31. The molecule has 2 fully saturated rings. The van der Waals surface area contributed by atoms with E-state index in [1.54, 1.807) is 18.7 Å². The maximum absolute atomic E-state index is 13.6. The van der Waals surface area contributed by atoms with Crippen molar-refractivity contribution in [2.75, 3.05) is 14.2 Å². The van der Waals surface area contributed by atoms with Crippen LogP contribution in [0.15, 0.2) is 18.2 Å². The molecule has 5 rings (SSSR count). The highest BCUT2D eigenvalue weighted by molar-refractivity contribution is 6.01. The van der Waals surface area contributed by atoms with Crippen LogP contribution in [0.2, 0.25) is 0 Å². The van der Waals surface area contributed by atoms with Gasteiger partial charge in [-0.2, -0.15) is 4.98 Å². The number of benzene rings is 1. The van der Waals surface area contributed by atoms with E-state index in [-0.39, 0.29) is 24.5 Å². The molecule has 1 saturated heterocycles. The first kappa shape index (κ1) is 27.1. The van der Waals surface area contributed by atoms with Gasteiger partial charge in [-0.05, 0) is 75.1 Å². The predicted octanol–water partition coefficient (Wildman–Crippen LogP) is 4.56. The van der Waals surface area contributed by atoms with E-state index in [9.17, 15) is 9.59 Å². The van der Waals surface area contributed by atoms with Crippen molar-refractivity contribution in [1.29, 1.82) is 0 Å². The van der Waals surface area contributed by atoms with Gasteiger partial charge in [-0.15, -0.1) is 5.10 Å². The predicted molar refractivity (Wildman–Crippen MR) is 145 cm³/mol. The molecular formula is C30H38N4O5. The number of ether oxygens (including phenoxy) is 3. The Labute approximate surface area is 229 Å². The molecule has 2 aliphatic rings. The van der Waals surface area contributed by atoms with E-state index in [1.807, 2.05) is 26.0 Å². The Bertz CT molecular complexity index is 1370. The highest BCUT2D eigenvalue weighted by Gasteiger charge is 2.51. The number of Topliss-reactive ketones (excluding diaryl/α,β-unsaturated/α-hetero) is 1. The summed E-state index contributed by atoms with van der Waals surface area (Å²) in [5, 5.41) is 4.51. The van der Waals surface area contributed by atoms with Crippen LogP contribution in [0.25, 0.3) is 5.78 Å². The van der Waals surface area contributed by atoms with Gasteiger partial charge in [0.1, 0.15) is 23.0 Å². The molecule has 1 aromatic carbocycles. The number of carbonyl (C=O) groups excluding carboxylic acids is 2. The van der Waals surface area contributed by atoms with Crippen molar-refractivity contribution in [1.82, 2.24) is 19.6 Å². The number of aryl methyl sites for hydroxylation is 4. The summed E-state index contributed by atoms with van der Waals surface area (Å²) in [5.41, 5.74) is 3.06. The number of nitrogens with zero attached hydrogens (tertiary/aromatic N) is 4. The van der Waals surface area contributed by atoms with Crippen LogP contribution in [0.4, 0.5) is 0 Å². The molecule has 3 heterocycles. The Morgan fingerprint density at radius 1 is 1.03 bits per heavy atom. The van der Waals surface area contributed by atoms with Gasteiger partial charge in [0.15, 0.2) is 11.6 Å². The second-order valence-electron chi connectivity index (χ2n) is 11.0. The maximum Gasteiger partial charge on any atom is 0.317 e. The van der Waals surface area contributed by atoms with Crippen LogP contribution in [0.5, 0.6) is 11.5 Å². The molecule has 39 heavy (non-hydrogen) atoms. The van der Waals surface area contributed by atoms with Gasteiger partial charge in [0.25, 0.3) is 5.78 Å². The number of rotatable bonds is 9. The third-order valence-electron chi connectivity index (χ3n) is 8.48. The van der Waals surface area contributed by atoms with Crippen LogP contribution in [0.3, 0.4) is 0 Å². The minimum atomic E-state index is -0.902. The average molecular weight is 535 g/mol. The van der Waals surface area contributed by atoms with Crippen molar-refractivity contribution in [2.45, 2.75) is 84.2 Å². The molecule has 2 aromatic heterocycles. The zero-order valence-electron chi connectivity index (χ0n) is 23.6. The minimum absolute atomic E-state index is 0.0891. The molecule has 1 saturated carbocycles. The number of aromatic nitrogens is 4. The fraction of sp³-hybridized carbons (Fsp3) is 0.567. The normalized spacial score (nSPS) is 21.9. The van der Waals surface area contributed by atoms with Crippen LogP contribution < -0.4 is 9.47 Å². The molecule has 9 heteroatoms. The minimum Gasteiger partial charge on any atom is -0.496 e. The summed E-state index contributed by atoms with van der Waals surface area (Å²) >= 11 is 0. The summed E-state index contributed by atoms with van der Waals surface area (Å²) in [5.74, 6) is 1.16. The van der Waals surface area contributed by atoms with Crippen molar-refractivity contribution in [3.63, 3.8) is 0 Å². The summed E-state index contributed by atoms with van der Waals surface area (Å²) in [6, 6.07) is 5.95. The van der Waals surface area contributed by atoms with Crippen molar-refractivity contribution in [2.24, 2.45) is 11.8 Å². The maximum atomic E-state index is 13.6. The van der Waals surface area contributed by atoms with Crippen LogP contribution in [0, 0.1) is 25.7 Å². The summed E-state index contributed by atoms with van der Waals surface area (Å²) in [6.07, 6.45) is 6.47. The lowest BCUT2D eigenvalue weighted by Gasteiger charge is -2.43. The average Bonchev–Trinajstić information content (AvgIpc) is 3.60. The van der Waals surface area contributed by atoms with Crippen LogP contribution >= 0.6 is 0 Å². The highest BCUT2D eigenvalue weighted by Crippen LogP contribution is 2.45. The van der Waals surface area contributed by atoms with Gasteiger partial charge in [-0.1, -0.05) is 19.8 Å².